The van der Waals surface area contributed by atoms with E-state index in [9.17, 15) is 0 Å². The predicted molar refractivity (Wildman–Crippen MR) is 81.4 cm³/mol. The standard InChI is InChI=1S/C14H16BrNOS/c1-16(7-6-13-3-2-8-18-13)12-5-4-11(10-17)14(15)9-12/h2-5,8-9,17H,6-7,10H2,1H3. The normalized spacial score (nSPS) is 10.6. The number of anilines is 1. The topological polar surface area (TPSA) is 23.5 Å². The minimum absolute atomic E-state index is 0.0692. The van der Waals surface area contributed by atoms with Crippen molar-refractivity contribution in [1.82, 2.24) is 0 Å². The van der Waals surface area contributed by atoms with Crippen LogP contribution in [0.4, 0.5) is 5.69 Å². The van der Waals surface area contributed by atoms with Crippen LogP contribution in [0.2, 0.25) is 0 Å². The number of hydrogen-bond acceptors (Lipinski definition) is 3. The fraction of sp³-hybridized carbons (Fsp3) is 0.286. The van der Waals surface area contributed by atoms with Crippen molar-refractivity contribution in [3.8, 4) is 0 Å². The van der Waals surface area contributed by atoms with Crippen LogP contribution in [-0.2, 0) is 13.0 Å². The van der Waals surface area contributed by atoms with Gasteiger partial charge in [-0.1, -0.05) is 28.1 Å². The van der Waals surface area contributed by atoms with Crippen LogP contribution in [0.1, 0.15) is 10.4 Å². The molecular weight excluding hydrogens is 310 g/mol. The van der Waals surface area contributed by atoms with E-state index in [4.69, 9.17) is 5.11 Å². The molecule has 1 aromatic heterocycles. The number of aliphatic hydroxyl groups excluding tert-OH is 1. The zero-order valence-corrected chi connectivity index (χ0v) is 12.7. The Morgan fingerprint density at radius 1 is 1.33 bits per heavy atom. The van der Waals surface area contributed by atoms with E-state index in [2.05, 4.69) is 51.5 Å². The second-order valence-electron chi connectivity index (χ2n) is 4.18. The van der Waals surface area contributed by atoms with Gasteiger partial charge in [0.1, 0.15) is 0 Å². The molecular formula is C14H16BrNOS. The summed E-state index contributed by atoms with van der Waals surface area (Å²) >= 11 is 5.28. The Bertz CT molecular complexity index is 499. The molecule has 0 spiro atoms. The summed E-state index contributed by atoms with van der Waals surface area (Å²) in [6, 6.07) is 10.3. The quantitative estimate of drug-likeness (QED) is 0.906. The number of benzene rings is 1. The van der Waals surface area contributed by atoms with Crippen LogP contribution in [0.25, 0.3) is 0 Å². The number of hydrogen-bond donors (Lipinski definition) is 1. The van der Waals surface area contributed by atoms with Gasteiger partial charge in [0.05, 0.1) is 6.61 Å². The Balaban J connectivity index is 2.00. The predicted octanol–water partition coefficient (Wildman–Crippen LogP) is 3.68. The lowest BCUT2D eigenvalue weighted by molar-refractivity contribution is 0.281. The summed E-state index contributed by atoms with van der Waals surface area (Å²) in [7, 11) is 2.09. The van der Waals surface area contributed by atoms with Gasteiger partial charge < -0.3 is 10.0 Å². The van der Waals surface area contributed by atoms with Gasteiger partial charge in [-0.3, -0.25) is 0 Å². The molecule has 0 aliphatic heterocycles. The van der Waals surface area contributed by atoms with Gasteiger partial charge in [-0.05, 0) is 35.6 Å². The van der Waals surface area contributed by atoms with E-state index in [1.165, 1.54) is 4.88 Å². The molecule has 2 aromatic rings. The Labute approximate surface area is 120 Å². The highest BCUT2D eigenvalue weighted by Crippen LogP contribution is 2.24. The SMILES string of the molecule is CN(CCc1cccs1)c1ccc(CO)c(Br)c1. The molecule has 0 bridgehead atoms. The summed E-state index contributed by atoms with van der Waals surface area (Å²) < 4.78 is 0.963. The summed E-state index contributed by atoms with van der Waals surface area (Å²) in [5.74, 6) is 0. The third kappa shape index (κ3) is 3.34. The van der Waals surface area contributed by atoms with Crippen molar-refractivity contribution in [2.45, 2.75) is 13.0 Å². The van der Waals surface area contributed by atoms with Crippen LogP contribution in [0, 0.1) is 0 Å². The highest BCUT2D eigenvalue weighted by Gasteiger charge is 2.05. The first-order chi connectivity index (χ1) is 8.70. The lowest BCUT2D eigenvalue weighted by atomic mass is 10.2. The van der Waals surface area contributed by atoms with Gasteiger partial charge in [-0.15, -0.1) is 11.3 Å². The lowest BCUT2D eigenvalue weighted by Crippen LogP contribution is -2.20. The van der Waals surface area contributed by atoms with Crippen LogP contribution < -0.4 is 4.90 Å². The summed E-state index contributed by atoms with van der Waals surface area (Å²) in [6.45, 7) is 1.06. The minimum atomic E-state index is 0.0692. The molecule has 0 amide bonds. The van der Waals surface area contributed by atoms with Crippen LogP contribution in [0.3, 0.4) is 0 Å². The first-order valence-electron chi connectivity index (χ1n) is 5.83. The Morgan fingerprint density at radius 3 is 2.78 bits per heavy atom. The Hall–Kier alpha value is -0.840. The second kappa shape index (κ2) is 6.36. The van der Waals surface area contributed by atoms with Crippen LogP contribution in [0.5, 0.6) is 0 Å². The molecule has 0 saturated carbocycles. The zero-order chi connectivity index (χ0) is 13.0. The third-order valence-corrected chi connectivity index (χ3v) is 4.60. The molecule has 0 aliphatic carbocycles. The maximum atomic E-state index is 9.13. The molecule has 1 heterocycles. The van der Waals surface area contributed by atoms with E-state index in [0.717, 1.165) is 28.7 Å². The van der Waals surface area contributed by atoms with E-state index in [0.29, 0.717) is 0 Å². The lowest BCUT2D eigenvalue weighted by Gasteiger charge is -2.19. The smallest absolute Gasteiger partial charge is 0.0692 e. The van der Waals surface area contributed by atoms with Crippen LogP contribution in [-0.4, -0.2) is 18.7 Å². The van der Waals surface area contributed by atoms with Gasteiger partial charge in [-0.2, -0.15) is 0 Å². The van der Waals surface area contributed by atoms with E-state index >= 15 is 0 Å². The van der Waals surface area contributed by atoms with Crippen molar-refractivity contribution in [3.05, 3.63) is 50.6 Å². The number of aliphatic hydroxyl groups is 1. The number of thiophene rings is 1. The molecule has 4 heteroatoms. The molecule has 2 nitrogen and oxygen atoms in total. The first kappa shape index (κ1) is 13.6. The fourth-order valence-corrected chi connectivity index (χ4v) is 2.95. The Kier molecular flexibility index (Phi) is 4.80. The van der Waals surface area contributed by atoms with Crippen molar-refractivity contribution in [2.75, 3.05) is 18.5 Å². The largest absolute Gasteiger partial charge is 0.392 e. The number of rotatable bonds is 5. The molecule has 0 unspecified atom stereocenters. The summed E-state index contributed by atoms with van der Waals surface area (Å²) in [6.07, 6.45) is 1.06. The van der Waals surface area contributed by atoms with Gasteiger partial charge >= 0.3 is 0 Å². The molecule has 0 aliphatic rings. The van der Waals surface area contributed by atoms with E-state index in [1.54, 1.807) is 11.3 Å². The fourth-order valence-electron chi connectivity index (χ4n) is 1.76. The summed E-state index contributed by atoms with van der Waals surface area (Å²) in [4.78, 5) is 3.64. The molecule has 0 fully saturated rings. The molecule has 0 saturated heterocycles. The monoisotopic (exact) mass is 325 g/mol. The van der Waals surface area contributed by atoms with E-state index in [-0.39, 0.29) is 6.61 Å². The highest BCUT2D eigenvalue weighted by molar-refractivity contribution is 9.10. The van der Waals surface area contributed by atoms with Crippen molar-refractivity contribution < 1.29 is 5.11 Å². The van der Waals surface area contributed by atoms with Crippen molar-refractivity contribution >= 4 is 33.0 Å². The maximum Gasteiger partial charge on any atom is 0.0692 e. The molecule has 0 radical (unpaired) electrons. The molecule has 18 heavy (non-hydrogen) atoms. The summed E-state index contributed by atoms with van der Waals surface area (Å²) in [5.41, 5.74) is 2.08. The van der Waals surface area contributed by atoms with Gasteiger partial charge in [0, 0.05) is 28.6 Å². The molecule has 96 valence electrons. The van der Waals surface area contributed by atoms with Crippen molar-refractivity contribution in [3.63, 3.8) is 0 Å². The molecule has 1 N–H and O–H groups in total. The molecule has 1 aromatic carbocycles. The van der Waals surface area contributed by atoms with E-state index in [1.807, 2.05) is 12.1 Å². The average Bonchev–Trinajstić information content (AvgIpc) is 2.89. The van der Waals surface area contributed by atoms with Crippen molar-refractivity contribution in [1.29, 1.82) is 0 Å². The average molecular weight is 326 g/mol. The first-order valence-corrected chi connectivity index (χ1v) is 7.51. The van der Waals surface area contributed by atoms with Crippen molar-refractivity contribution in [2.24, 2.45) is 0 Å². The maximum absolute atomic E-state index is 9.13. The highest BCUT2D eigenvalue weighted by atomic mass is 79.9. The minimum Gasteiger partial charge on any atom is -0.392 e. The van der Waals surface area contributed by atoms with Gasteiger partial charge in [-0.25, -0.2) is 0 Å². The van der Waals surface area contributed by atoms with Gasteiger partial charge in [0.25, 0.3) is 0 Å². The van der Waals surface area contributed by atoms with Crippen LogP contribution in [0.15, 0.2) is 40.2 Å². The summed E-state index contributed by atoms with van der Waals surface area (Å²) in [5, 5.41) is 11.2. The number of halogens is 1. The zero-order valence-electron chi connectivity index (χ0n) is 10.3. The molecule has 2 rings (SSSR count). The second-order valence-corrected chi connectivity index (χ2v) is 6.07. The number of nitrogens with zero attached hydrogens (tertiary/aromatic N) is 1. The molecule has 0 atom stereocenters. The van der Waals surface area contributed by atoms with Crippen LogP contribution >= 0.6 is 27.3 Å². The third-order valence-electron chi connectivity index (χ3n) is 2.92. The van der Waals surface area contributed by atoms with Gasteiger partial charge in [0.15, 0.2) is 0 Å². The Morgan fingerprint density at radius 2 is 2.17 bits per heavy atom. The van der Waals surface area contributed by atoms with E-state index < -0.39 is 0 Å². The number of likely N-dealkylation sites (N-methyl/N-ethyl adjacent to an activating group) is 1. The van der Waals surface area contributed by atoms with Gasteiger partial charge in [0.2, 0.25) is 0 Å².